The molecule has 1 saturated heterocycles. The number of hydrogen-bond donors (Lipinski definition) is 0. The van der Waals surface area contributed by atoms with Gasteiger partial charge in [-0.1, -0.05) is 0 Å². The summed E-state index contributed by atoms with van der Waals surface area (Å²) in [4.78, 5) is 2.46. The van der Waals surface area contributed by atoms with Crippen LogP contribution in [0, 0.1) is 12.3 Å². The molecule has 1 heterocycles. The van der Waals surface area contributed by atoms with Crippen LogP contribution in [0.25, 0.3) is 0 Å². The molecule has 0 amide bonds. The van der Waals surface area contributed by atoms with Gasteiger partial charge in [0.2, 0.25) is 0 Å². The molecular formula is C12H21NO. The molecule has 1 aliphatic rings. The van der Waals surface area contributed by atoms with Gasteiger partial charge in [-0.25, -0.2) is 0 Å². The summed E-state index contributed by atoms with van der Waals surface area (Å²) in [5.74, 6) is 2.69. The zero-order chi connectivity index (χ0) is 10.4. The van der Waals surface area contributed by atoms with Gasteiger partial charge in [-0.05, 0) is 33.2 Å². The predicted octanol–water partition coefficient (Wildman–Crippen LogP) is 1.90. The number of nitrogens with zero attached hydrogens (tertiary/aromatic N) is 1. The minimum atomic E-state index is 0.00659. The lowest BCUT2D eigenvalue weighted by Crippen LogP contribution is -2.38. The maximum absolute atomic E-state index is 5.74. The minimum absolute atomic E-state index is 0.00659. The third-order valence-corrected chi connectivity index (χ3v) is 2.51. The molecule has 0 unspecified atom stereocenters. The Kier molecular flexibility index (Phi) is 4.44. The second kappa shape index (κ2) is 5.38. The zero-order valence-corrected chi connectivity index (χ0v) is 9.38. The first-order valence-corrected chi connectivity index (χ1v) is 5.44. The van der Waals surface area contributed by atoms with Gasteiger partial charge in [0.1, 0.15) is 0 Å². The van der Waals surface area contributed by atoms with E-state index in [9.17, 15) is 0 Å². The fourth-order valence-corrected chi connectivity index (χ4v) is 1.90. The van der Waals surface area contributed by atoms with E-state index in [1.165, 1.54) is 0 Å². The number of ether oxygens (including phenoxy) is 1. The average molecular weight is 195 g/mol. The highest BCUT2D eigenvalue weighted by Crippen LogP contribution is 2.16. The normalized spacial score (nSPS) is 22.6. The topological polar surface area (TPSA) is 12.5 Å². The summed E-state index contributed by atoms with van der Waals surface area (Å²) in [5, 5.41) is 0. The second-order valence-electron chi connectivity index (χ2n) is 4.55. The van der Waals surface area contributed by atoms with Crippen molar-refractivity contribution in [1.82, 2.24) is 4.90 Å². The van der Waals surface area contributed by atoms with Gasteiger partial charge >= 0.3 is 0 Å². The van der Waals surface area contributed by atoms with E-state index in [0.29, 0.717) is 0 Å². The van der Waals surface area contributed by atoms with Gasteiger partial charge in [-0.15, -0.1) is 12.3 Å². The first-order chi connectivity index (χ1) is 6.64. The van der Waals surface area contributed by atoms with Crippen molar-refractivity contribution in [2.45, 2.75) is 38.7 Å². The van der Waals surface area contributed by atoms with E-state index in [-0.39, 0.29) is 5.60 Å². The van der Waals surface area contributed by atoms with Gasteiger partial charge in [0.05, 0.1) is 5.60 Å². The summed E-state index contributed by atoms with van der Waals surface area (Å²) >= 11 is 0. The van der Waals surface area contributed by atoms with Crippen LogP contribution >= 0.6 is 0 Å². The van der Waals surface area contributed by atoms with Crippen molar-refractivity contribution in [3.05, 3.63) is 0 Å². The summed E-state index contributed by atoms with van der Waals surface area (Å²) < 4.78 is 5.74. The van der Waals surface area contributed by atoms with Crippen LogP contribution in [0.15, 0.2) is 0 Å². The molecule has 1 rings (SSSR count). The lowest BCUT2D eigenvalue weighted by Gasteiger charge is -2.28. The largest absolute Gasteiger partial charge is 0.374 e. The molecule has 0 bridgehead atoms. The Labute approximate surface area is 87.6 Å². The number of unbranched alkanes of at least 4 members (excludes halogenated alkanes) is 1. The maximum Gasteiger partial charge on any atom is 0.0752 e. The molecular weight excluding hydrogens is 174 g/mol. The van der Waals surface area contributed by atoms with Crippen molar-refractivity contribution in [3.63, 3.8) is 0 Å². The highest BCUT2D eigenvalue weighted by Gasteiger charge is 2.24. The fraction of sp³-hybridized carbons (Fsp3) is 0.833. The van der Waals surface area contributed by atoms with Crippen molar-refractivity contribution >= 4 is 0 Å². The fourth-order valence-electron chi connectivity index (χ4n) is 1.90. The maximum atomic E-state index is 5.74. The van der Waals surface area contributed by atoms with E-state index in [2.05, 4.69) is 24.7 Å². The van der Waals surface area contributed by atoms with Gasteiger partial charge in [0.25, 0.3) is 0 Å². The summed E-state index contributed by atoms with van der Waals surface area (Å²) in [7, 11) is 0. The van der Waals surface area contributed by atoms with E-state index in [1.54, 1.807) is 0 Å². The van der Waals surface area contributed by atoms with Crippen molar-refractivity contribution in [2.24, 2.45) is 0 Å². The Morgan fingerprint density at radius 2 is 2.29 bits per heavy atom. The van der Waals surface area contributed by atoms with E-state index in [4.69, 9.17) is 11.2 Å². The van der Waals surface area contributed by atoms with Crippen LogP contribution in [0.3, 0.4) is 0 Å². The number of terminal acetylenes is 1. The van der Waals surface area contributed by atoms with Crippen molar-refractivity contribution < 1.29 is 4.74 Å². The molecule has 0 aromatic carbocycles. The number of hydrogen-bond acceptors (Lipinski definition) is 2. The SMILES string of the molecule is C#CCCCN1CCCOC(C)(C)C1. The van der Waals surface area contributed by atoms with E-state index >= 15 is 0 Å². The first kappa shape index (κ1) is 11.6. The molecule has 14 heavy (non-hydrogen) atoms. The van der Waals surface area contributed by atoms with Crippen LogP contribution in [-0.4, -0.2) is 36.7 Å². The van der Waals surface area contributed by atoms with Crippen LogP contribution in [0.2, 0.25) is 0 Å². The highest BCUT2D eigenvalue weighted by molar-refractivity contribution is 4.84. The summed E-state index contributed by atoms with van der Waals surface area (Å²) in [6.45, 7) is 8.49. The molecule has 2 nitrogen and oxygen atoms in total. The first-order valence-electron chi connectivity index (χ1n) is 5.44. The van der Waals surface area contributed by atoms with Crippen molar-refractivity contribution in [1.29, 1.82) is 0 Å². The predicted molar refractivity (Wildman–Crippen MR) is 59.2 cm³/mol. The third kappa shape index (κ3) is 4.13. The monoisotopic (exact) mass is 195 g/mol. The molecule has 1 fully saturated rings. The smallest absolute Gasteiger partial charge is 0.0752 e. The lowest BCUT2D eigenvalue weighted by molar-refractivity contribution is -0.0172. The molecule has 0 spiro atoms. The summed E-state index contributed by atoms with van der Waals surface area (Å²) in [6, 6.07) is 0. The molecule has 0 atom stereocenters. The Morgan fingerprint density at radius 3 is 3.00 bits per heavy atom. The second-order valence-corrected chi connectivity index (χ2v) is 4.55. The standard InChI is InChI=1S/C12H21NO/c1-4-5-6-8-13-9-7-10-14-12(2,3)11-13/h1H,5-11H2,2-3H3. The molecule has 0 aromatic rings. The molecule has 2 heteroatoms. The Morgan fingerprint density at radius 1 is 1.50 bits per heavy atom. The molecule has 80 valence electrons. The summed E-state index contributed by atoms with van der Waals surface area (Å²) in [5.41, 5.74) is 0.00659. The molecule has 0 saturated carbocycles. The van der Waals surface area contributed by atoms with Crippen LogP contribution in [0.5, 0.6) is 0 Å². The Hall–Kier alpha value is -0.520. The van der Waals surface area contributed by atoms with Gasteiger partial charge in [-0.2, -0.15) is 0 Å². The van der Waals surface area contributed by atoms with E-state index in [0.717, 1.165) is 45.5 Å². The molecule has 0 N–H and O–H groups in total. The van der Waals surface area contributed by atoms with Crippen molar-refractivity contribution in [3.8, 4) is 12.3 Å². The van der Waals surface area contributed by atoms with Crippen LogP contribution < -0.4 is 0 Å². The summed E-state index contributed by atoms with van der Waals surface area (Å²) in [6.07, 6.45) is 8.36. The van der Waals surface area contributed by atoms with Crippen molar-refractivity contribution in [2.75, 3.05) is 26.2 Å². The lowest BCUT2D eigenvalue weighted by atomic mass is 10.1. The van der Waals surface area contributed by atoms with Gasteiger partial charge < -0.3 is 9.64 Å². The van der Waals surface area contributed by atoms with Gasteiger partial charge in [-0.3, -0.25) is 0 Å². The van der Waals surface area contributed by atoms with E-state index < -0.39 is 0 Å². The van der Waals surface area contributed by atoms with Gasteiger partial charge in [0, 0.05) is 26.1 Å². The Balaban J connectivity index is 2.33. The molecule has 0 radical (unpaired) electrons. The quantitative estimate of drug-likeness (QED) is 0.504. The van der Waals surface area contributed by atoms with Crippen LogP contribution in [0.4, 0.5) is 0 Å². The average Bonchev–Trinajstić information content (AvgIpc) is 2.27. The zero-order valence-electron chi connectivity index (χ0n) is 9.38. The number of rotatable bonds is 3. The van der Waals surface area contributed by atoms with E-state index in [1.807, 2.05) is 0 Å². The molecule has 0 aromatic heterocycles. The van der Waals surface area contributed by atoms with Crippen LogP contribution in [0.1, 0.15) is 33.1 Å². The Bertz CT molecular complexity index is 205. The van der Waals surface area contributed by atoms with Crippen LogP contribution in [-0.2, 0) is 4.74 Å². The minimum Gasteiger partial charge on any atom is -0.374 e. The molecule has 1 aliphatic heterocycles. The third-order valence-electron chi connectivity index (χ3n) is 2.51. The molecule has 0 aliphatic carbocycles. The van der Waals surface area contributed by atoms with Gasteiger partial charge in [0.15, 0.2) is 0 Å². The highest BCUT2D eigenvalue weighted by atomic mass is 16.5.